The Morgan fingerprint density at radius 3 is 3.06 bits per heavy atom. The first-order valence-electron chi connectivity index (χ1n) is 6.44. The lowest BCUT2D eigenvalue weighted by Crippen LogP contribution is -2.22. The molecule has 2 rings (SSSR count). The van der Waals surface area contributed by atoms with Crippen molar-refractivity contribution in [3.8, 4) is 6.07 Å². The van der Waals surface area contributed by atoms with Gasteiger partial charge in [0.05, 0.1) is 17.4 Å². The summed E-state index contributed by atoms with van der Waals surface area (Å²) in [5.41, 5.74) is 7.71. The summed E-state index contributed by atoms with van der Waals surface area (Å²) in [6.07, 6.45) is 4.94. The zero-order valence-corrected chi connectivity index (χ0v) is 10.5. The Morgan fingerprint density at radius 2 is 2.33 bits per heavy atom. The molecule has 1 unspecified atom stereocenters. The van der Waals surface area contributed by atoms with E-state index in [0.717, 1.165) is 31.7 Å². The van der Waals surface area contributed by atoms with E-state index in [9.17, 15) is 0 Å². The predicted molar refractivity (Wildman–Crippen MR) is 72.3 cm³/mol. The summed E-state index contributed by atoms with van der Waals surface area (Å²) in [4.78, 5) is 0. The summed E-state index contributed by atoms with van der Waals surface area (Å²) < 4.78 is 5.67. The number of rotatable bonds is 4. The van der Waals surface area contributed by atoms with Gasteiger partial charge in [-0.3, -0.25) is 0 Å². The van der Waals surface area contributed by atoms with Gasteiger partial charge >= 0.3 is 0 Å². The van der Waals surface area contributed by atoms with E-state index in [1.165, 1.54) is 12.8 Å². The summed E-state index contributed by atoms with van der Waals surface area (Å²) in [5, 5.41) is 12.3. The molecule has 1 aliphatic heterocycles. The summed E-state index contributed by atoms with van der Waals surface area (Å²) in [7, 11) is 0. The van der Waals surface area contributed by atoms with Gasteiger partial charge in [0.1, 0.15) is 6.07 Å². The van der Waals surface area contributed by atoms with E-state index >= 15 is 0 Å². The lowest BCUT2D eigenvalue weighted by Gasteiger charge is -2.22. The van der Waals surface area contributed by atoms with Gasteiger partial charge in [0.25, 0.3) is 0 Å². The summed E-state index contributed by atoms with van der Waals surface area (Å²) >= 11 is 0. The Kier molecular flexibility index (Phi) is 4.43. The van der Waals surface area contributed by atoms with Gasteiger partial charge in [-0.2, -0.15) is 5.26 Å². The molecule has 0 saturated carbocycles. The second-order valence-electron chi connectivity index (χ2n) is 4.62. The molecule has 0 bridgehead atoms. The molecular formula is C14H19N3O. The van der Waals surface area contributed by atoms with Crippen molar-refractivity contribution < 1.29 is 4.74 Å². The van der Waals surface area contributed by atoms with Crippen LogP contribution in [0.3, 0.4) is 0 Å². The minimum atomic E-state index is 0.366. The van der Waals surface area contributed by atoms with E-state index in [1.54, 1.807) is 12.1 Å². The molecule has 18 heavy (non-hydrogen) atoms. The summed E-state index contributed by atoms with van der Waals surface area (Å²) in [6.45, 7) is 1.71. The molecular weight excluding hydrogens is 226 g/mol. The Labute approximate surface area is 108 Å². The monoisotopic (exact) mass is 245 g/mol. The van der Waals surface area contributed by atoms with Crippen molar-refractivity contribution in [2.24, 2.45) is 0 Å². The Balaban J connectivity index is 1.84. The Bertz CT molecular complexity index is 433. The van der Waals surface area contributed by atoms with Crippen molar-refractivity contribution in [3.63, 3.8) is 0 Å². The van der Waals surface area contributed by atoms with Crippen LogP contribution in [0, 0.1) is 11.3 Å². The molecule has 4 heteroatoms. The zero-order chi connectivity index (χ0) is 12.8. The number of ether oxygens (including phenoxy) is 1. The van der Waals surface area contributed by atoms with E-state index in [0.29, 0.717) is 17.4 Å². The highest BCUT2D eigenvalue weighted by Gasteiger charge is 2.13. The molecule has 1 aliphatic rings. The van der Waals surface area contributed by atoms with Crippen molar-refractivity contribution in [3.05, 3.63) is 23.8 Å². The normalized spacial score (nSPS) is 19.2. The molecule has 4 nitrogen and oxygen atoms in total. The Hall–Kier alpha value is -1.73. The van der Waals surface area contributed by atoms with Gasteiger partial charge in [-0.15, -0.1) is 0 Å². The highest BCUT2D eigenvalue weighted by atomic mass is 16.5. The van der Waals surface area contributed by atoms with Crippen LogP contribution < -0.4 is 11.1 Å². The van der Waals surface area contributed by atoms with Gasteiger partial charge in [0.2, 0.25) is 0 Å². The van der Waals surface area contributed by atoms with Crippen LogP contribution in [-0.2, 0) is 4.74 Å². The number of nitrogens with zero attached hydrogens (tertiary/aromatic N) is 1. The smallest absolute Gasteiger partial charge is 0.101 e. The molecule has 1 aromatic carbocycles. The SMILES string of the molecule is N#Cc1cc(N)ccc1NCCC1CCCCO1. The molecule has 0 amide bonds. The molecule has 0 aromatic heterocycles. The van der Waals surface area contributed by atoms with E-state index < -0.39 is 0 Å². The van der Waals surface area contributed by atoms with Crippen LogP contribution in [0.2, 0.25) is 0 Å². The molecule has 0 radical (unpaired) electrons. The third-order valence-electron chi connectivity index (χ3n) is 3.22. The van der Waals surface area contributed by atoms with E-state index in [1.807, 2.05) is 6.07 Å². The van der Waals surface area contributed by atoms with Gasteiger partial charge in [0.15, 0.2) is 0 Å². The topological polar surface area (TPSA) is 71.1 Å². The summed E-state index contributed by atoms with van der Waals surface area (Å²) in [6, 6.07) is 7.51. The quantitative estimate of drug-likeness (QED) is 0.799. The molecule has 1 heterocycles. The van der Waals surface area contributed by atoms with Crippen molar-refractivity contribution in [1.82, 2.24) is 0 Å². The first-order chi connectivity index (χ1) is 8.79. The van der Waals surface area contributed by atoms with Crippen LogP contribution in [0.4, 0.5) is 11.4 Å². The lowest BCUT2D eigenvalue weighted by molar-refractivity contribution is 0.0134. The van der Waals surface area contributed by atoms with Gasteiger partial charge in [-0.05, 0) is 43.9 Å². The molecule has 1 fully saturated rings. The van der Waals surface area contributed by atoms with Gasteiger partial charge in [-0.25, -0.2) is 0 Å². The number of nitrogen functional groups attached to an aromatic ring is 1. The van der Waals surface area contributed by atoms with Crippen LogP contribution in [-0.4, -0.2) is 19.3 Å². The number of anilines is 2. The maximum Gasteiger partial charge on any atom is 0.101 e. The third-order valence-corrected chi connectivity index (χ3v) is 3.22. The molecule has 96 valence electrons. The molecule has 1 atom stereocenters. The largest absolute Gasteiger partial charge is 0.399 e. The maximum atomic E-state index is 9.02. The van der Waals surface area contributed by atoms with Crippen LogP contribution >= 0.6 is 0 Å². The van der Waals surface area contributed by atoms with Crippen molar-refractivity contribution in [2.75, 3.05) is 24.2 Å². The highest BCUT2D eigenvalue weighted by molar-refractivity contribution is 5.62. The molecule has 1 aromatic rings. The fraction of sp³-hybridized carbons (Fsp3) is 0.500. The van der Waals surface area contributed by atoms with Crippen molar-refractivity contribution >= 4 is 11.4 Å². The molecule has 1 saturated heterocycles. The minimum Gasteiger partial charge on any atom is -0.399 e. The second kappa shape index (κ2) is 6.27. The number of nitrogens with two attached hydrogens (primary N) is 1. The lowest BCUT2D eigenvalue weighted by atomic mass is 10.1. The average Bonchev–Trinajstić information content (AvgIpc) is 2.41. The van der Waals surface area contributed by atoms with E-state index in [-0.39, 0.29) is 0 Å². The first kappa shape index (κ1) is 12.7. The van der Waals surface area contributed by atoms with Crippen molar-refractivity contribution in [2.45, 2.75) is 31.8 Å². The zero-order valence-electron chi connectivity index (χ0n) is 10.5. The minimum absolute atomic E-state index is 0.366. The highest BCUT2D eigenvalue weighted by Crippen LogP contribution is 2.19. The van der Waals surface area contributed by atoms with E-state index in [2.05, 4.69) is 11.4 Å². The van der Waals surface area contributed by atoms with Crippen LogP contribution in [0.25, 0.3) is 0 Å². The summed E-state index contributed by atoms with van der Waals surface area (Å²) in [5.74, 6) is 0. The van der Waals surface area contributed by atoms with Crippen molar-refractivity contribution in [1.29, 1.82) is 5.26 Å². The van der Waals surface area contributed by atoms with Crippen LogP contribution in [0.1, 0.15) is 31.2 Å². The third kappa shape index (κ3) is 3.38. The molecule has 3 N–H and O–H groups in total. The number of hydrogen-bond acceptors (Lipinski definition) is 4. The first-order valence-corrected chi connectivity index (χ1v) is 6.44. The number of hydrogen-bond donors (Lipinski definition) is 2. The molecule has 0 aliphatic carbocycles. The number of nitrogens with one attached hydrogen (secondary N) is 1. The fourth-order valence-electron chi connectivity index (χ4n) is 2.21. The van der Waals surface area contributed by atoms with Gasteiger partial charge < -0.3 is 15.8 Å². The van der Waals surface area contributed by atoms with Gasteiger partial charge in [0, 0.05) is 18.8 Å². The molecule has 0 spiro atoms. The van der Waals surface area contributed by atoms with E-state index in [4.69, 9.17) is 15.7 Å². The second-order valence-corrected chi connectivity index (χ2v) is 4.62. The van der Waals surface area contributed by atoms with Gasteiger partial charge in [-0.1, -0.05) is 0 Å². The van der Waals surface area contributed by atoms with Crippen LogP contribution in [0.15, 0.2) is 18.2 Å². The fourth-order valence-corrected chi connectivity index (χ4v) is 2.21. The standard InChI is InChI=1S/C14H19N3O/c15-10-11-9-12(16)4-5-14(11)17-7-6-13-3-1-2-8-18-13/h4-5,9,13,17H,1-3,6-8,16H2. The van der Waals surface area contributed by atoms with Crippen LogP contribution in [0.5, 0.6) is 0 Å². The maximum absolute atomic E-state index is 9.02. The number of nitriles is 1. The Morgan fingerprint density at radius 1 is 1.44 bits per heavy atom. The number of benzene rings is 1. The predicted octanol–water partition coefficient (Wildman–Crippen LogP) is 2.51. The average molecular weight is 245 g/mol.